The zero-order valence-corrected chi connectivity index (χ0v) is 15.4. The van der Waals surface area contributed by atoms with Crippen LogP contribution in [-0.2, 0) is 16.0 Å². The molecule has 0 bridgehead atoms. The van der Waals surface area contributed by atoms with Gasteiger partial charge in [-0.3, -0.25) is 9.59 Å². The maximum absolute atomic E-state index is 12.5. The molecule has 1 unspecified atom stereocenters. The van der Waals surface area contributed by atoms with Crippen molar-refractivity contribution in [3.05, 3.63) is 35.4 Å². The fourth-order valence-electron chi connectivity index (χ4n) is 3.21. The van der Waals surface area contributed by atoms with Crippen LogP contribution in [0.4, 0.5) is 0 Å². The van der Waals surface area contributed by atoms with Gasteiger partial charge in [-0.25, -0.2) is 0 Å². The molecule has 0 aliphatic carbocycles. The lowest BCUT2D eigenvalue weighted by Crippen LogP contribution is -2.47. The summed E-state index contributed by atoms with van der Waals surface area (Å²) in [6.07, 6.45) is 2.98. The van der Waals surface area contributed by atoms with E-state index in [2.05, 4.69) is 51.2 Å². The van der Waals surface area contributed by atoms with Gasteiger partial charge in [-0.15, -0.1) is 0 Å². The summed E-state index contributed by atoms with van der Waals surface area (Å²) >= 11 is 0. The van der Waals surface area contributed by atoms with Gasteiger partial charge in [0.25, 0.3) is 0 Å². The Morgan fingerprint density at radius 1 is 1.29 bits per heavy atom. The molecule has 1 atom stereocenters. The van der Waals surface area contributed by atoms with Crippen LogP contribution in [0.3, 0.4) is 0 Å². The van der Waals surface area contributed by atoms with E-state index in [-0.39, 0.29) is 23.3 Å². The van der Waals surface area contributed by atoms with Crippen LogP contribution in [0.2, 0.25) is 0 Å². The highest BCUT2D eigenvalue weighted by Gasteiger charge is 2.34. The van der Waals surface area contributed by atoms with Gasteiger partial charge in [0.1, 0.15) is 6.04 Å². The molecule has 2 rings (SSSR count). The van der Waals surface area contributed by atoms with Crippen LogP contribution in [-0.4, -0.2) is 35.8 Å². The van der Waals surface area contributed by atoms with Crippen LogP contribution in [0.15, 0.2) is 24.3 Å². The zero-order valence-electron chi connectivity index (χ0n) is 15.4. The summed E-state index contributed by atoms with van der Waals surface area (Å²) in [6, 6.07) is 8.03. The molecule has 132 valence electrons. The molecule has 1 fully saturated rings. The molecular weight excluding hydrogens is 300 g/mol. The minimum atomic E-state index is -0.294. The van der Waals surface area contributed by atoms with Crippen molar-refractivity contribution >= 4 is 11.8 Å². The maximum Gasteiger partial charge on any atom is 0.242 e. The van der Waals surface area contributed by atoms with Crippen LogP contribution < -0.4 is 5.32 Å². The number of carbonyl (C=O) groups is 2. The lowest BCUT2D eigenvalue weighted by atomic mass is 9.91. The third-order valence-corrected chi connectivity index (χ3v) is 4.35. The van der Waals surface area contributed by atoms with E-state index in [4.69, 9.17) is 0 Å². The van der Waals surface area contributed by atoms with E-state index in [9.17, 15) is 9.59 Å². The van der Waals surface area contributed by atoms with Crippen molar-refractivity contribution < 1.29 is 9.59 Å². The van der Waals surface area contributed by atoms with E-state index >= 15 is 0 Å². The summed E-state index contributed by atoms with van der Waals surface area (Å²) in [5, 5.41) is 3.01. The molecule has 1 saturated heterocycles. The van der Waals surface area contributed by atoms with E-state index in [1.54, 1.807) is 4.90 Å². The fourth-order valence-corrected chi connectivity index (χ4v) is 3.21. The van der Waals surface area contributed by atoms with Gasteiger partial charge in [0.15, 0.2) is 0 Å². The number of carbonyl (C=O) groups excluding carboxylic acids is 2. The number of hydrogen-bond donors (Lipinski definition) is 1. The second-order valence-corrected chi connectivity index (χ2v) is 8.01. The lowest BCUT2D eigenvalue weighted by molar-refractivity contribution is -0.139. The highest BCUT2D eigenvalue weighted by atomic mass is 16.2. The topological polar surface area (TPSA) is 49.4 Å². The number of hydrogen-bond acceptors (Lipinski definition) is 2. The number of nitrogens with one attached hydrogen (secondary N) is 1. The predicted molar refractivity (Wildman–Crippen MR) is 96.7 cm³/mol. The quantitative estimate of drug-likeness (QED) is 0.902. The first kappa shape index (κ1) is 18.5. The third kappa shape index (κ3) is 5.36. The Labute approximate surface area is 145 Å². The van der Waals surface area contributed by atoms with Gasteiger partial charge in [0, 0.05) is 19.5 Å². The Bertz CT molecular complexity index is 590. The highest BCUT2D eigenvalue weighted by Crippen LogP contribution is 2.24. The summed E-state index contributed by atoms with van der Waals surface area (Å²) < 4.78 is 0. The zero-order chi connectivity index (χ0) is 17.7. The first-order valence-electron chi connectivity index (χ1n) is 8.89. The van der Waals surface area contributed by atoms with Gasteiger partial charge >= 0.3 is 0 Å². The van der Waals surface area contributed by atoms with Crippen molar-refractivity contribution in [2.75, 3.05) is 13.1 Å². The number of nitrogens with zero attached hydrogens (tertiary/aromatic N) is 1. The first-order chi connectivity index (χ1) is 11.3. The third-order valence-electron chi connectivity index (χ3n) is 4.35. The molecule has 0 spiro atoms. The SMILES string of the molecule is Cc1cccc(CCNC(=O)C2CCCN2C(=O)CC(C)(C)C)c1. The van der Waals surface area contributed by atoms with Crippen LogP contribution >= 0.6 is 0 Å². The van der Waals surface area contributed by atoms with Gasteiger partial charge in [0.2, 0.25) is 11.8 Å². The molecule has 1 aliphatic rings. The van der Waals surface area contributed by atoms with Gasteiger partial charge in [-0.05, 0) is 37.2 Å². The number of aryl methyl sites for hydroxylation is 1. The largest absolute Gasteiger partial charge is 0.354 e. The molecule has 1 N–H and O–H groups in total. The van der Waals surface area contributed by atoms with Crippen molar-refractivity contribution in [2.24, 2.45) is 5.41 Å². The average molecular weight is 330 g/mol. The van der Waals surface area contributed by atoms with Crippen LogP contribution in [0.1, 0.15) is 51.2 Å². The molecule has 4 nitrogen and oxygen atoms in total. The monoisotopic (exact) mass is 330 g/mol. The number of benzene rings is 1. The van der Waals surface area contributed by atoms with Crippen molar-refractivity contribution in [3.8, 4) is 0 Å². The Morgan fingerprint density at radius 2 is 2.04 bits per heavy atom. The average Bonchev–Trinajstić information content (AvgIpc) is 2.95. The first-order valence-corrected chi connectivity index (χ1v) is 8.89. The minimum absolute atomic E-state index is 0.0117. The Balaban J connectivity index is 1.85. The Kier molecular flexibility index (Phi) is 6.03. The molecule has 1 aromatic carbocycles. The smallest absolute Gasteiger partial charge is 0.242 e. The van der Waals surface area contributed by atoms with Crippen LogP contribution in [0, 0.1) is 12.3 Å². The predicted octanol–water partition coefficient (Wildman–Crippen LogP) is 3.08. The maximum atomic E-state index is 12.5. The van der Waals surface area contributed by atoms with Gasteiger partial charge in [-0.2, -0.15) is 0 Å². The van der Waals surface area contributed by atoms with Crippen LogP contribution in [0.5, 0.6) is 0 Å². The van der Waals surface area contributed by atoms with E-state index in [0.29, 0.717) is 19.5 Å². The molecule has 0 radical (unpaired) electrons. The van der Waals surface area contributed by atoms with Gasteiger partial charge in [-0.1, -0.05) is 50.6 Å². The molecule has 1 aromatic rings. The summed E-state index contributed by atoms with van der Waals surface area (Å²) in [5.41, 5.74) is 2.40. The summed E-state index contributed by atoms with van der Waals surface area (Å²) in [4.78, 5) is 26.7. The van der Waals surface area contributed by atoms with E-state index in [0.717, 1.165) is 19.3 Å². The van der Waals surface area contributed by atoms with E-state index < -0.39 is 0 Å². The second-order valence-electron chi connectivity index (χ2n) is 8.01. The number of rotatable bonds is 5. The van der Waals surface area contributed by atoms with Crippen molar-refractivity contribution in [3.63, 3.8) is 0 Å². The van der Waals surface area contributed by atoms with Crippen molar-refractivity contribution in [1.82, 2.24) is 10.2 Å². The standard InChI is InChI=1S/C20H30N2O2/c1-15-7-5-8-16(13-15)10-11-21-19(24)17-9-6-12-22(17)18(23)14-20(2,3)4/h5,7-8,13,17H,6,9-12,14H2,1-4H3,(H,21,24). The lowest BCUT2D eigenvalue weighted by Gasteiger charge is -2.27. The number of amides is 2. The molecule has 24 heavy (non-hydrogen) atoms. The van der Waals surface area contributed by atoms with E-state index in [1.165, 1.54) is 11.1 Å². The second kappa shape index (κ2) is 7.82. The molecule has 1 heterocycles. The van der Waals surface area contributed by atoms with E-state index in [1.807, 2.05) is 6.07 Å². The van der Waals surface area contributed by atoms with Crippen molar-refractivity contribution in [1.29, 1.82) is 0 Å². The summed E-state index contributed by atoms with van der Waals surface area (Å²) in [5.74, 6) is 0.0845. The van der Waals surface area contributed by atoms with Gasteiger partial charge in [0.05, 0.1) is 0 Å². The normalized spacial score (nSPS) is 17.8. The molecule has 0 aromatic heterocycles. The molecule has 1 aliphatic heterocycles. The Hall–Kier alpha value is -1.84. The number of likely N-dealkylation sites (tertiary alicyclic amines) is 1. The molecule has 2 amide bonds. The Morgan fingerprint density at radius 3 is 2.71 bits per heavy atom. The minimum Gasteiger partial charge on any atom is -0.354 e. The molecule has 4 heteroatoms. The van der Waals surface area contributed by atoms with Gasteiger partial charge < -0.3 is 10.2 Å². The molecular formula is C20H30N2O2. The van der Waals surface area contributed by atoms with Crippen molar-refractivity contribution in [2.45, 2.75) is 59.4 Å². The highest BCUT2D eigenvalue weighted by molar-refractivity contribution is 5.88. The van der Waals surface area contributed by atoms with Crippen LogP contribution in [0.25, 0.3) is 0 Å². The fraction of sp³-hybridized carbons (Fsp3) is 0.600. The summed E-state index contributed by atoms with van der Waals surface area (Å²) in [7, 11) is 0. The molecule has 0 saturated carbocycles. The summed E-state index contributed by atoms with van der Waals surface area (Å²) in [6.45, 7) is 9.54.